The number of ether oxygens (including phenoxy) is 2. The zero-order chi connectivity index (χ0) is 20.4. The Morgan fingerprint density at radius 3 is 2.54 bits per heavy atom. The van der Waals surface area contributed by atoms with Crippen molar-refractivity contribution in [2.24, 2.45) is 0 Å². The molecule has 6 nitrogen and oxygen atoms in total. The Balaban J connectivity index is 2.23. The molecule has 0 bridgehead atoms. The van der Waals surface area contributed by atoms with E-state index in [1.54, 1.807) is 14.2 Å². The molecule has 0 saturated carbocycles. The summed E-state index contributed by atoms with van der Waals surface area (Å²) >= 11 is 0. The second-order valence-electron chi connectivity index (χ2n) is 7.34. The first-order valence-corrected chi connectivity index (χ1v) is 9.37. The normalized spacial score (nSPS) is 12.4. The molecule has 0 fully saturated rings. The highest BCUT2D eigenvalue weighted by atomic mass is 16.5. The van der Waals surface area contributed by atoms with Gasteiger partial charge in [0.15, 0.2) is 0 Å². The van der Waals surface area contributed by atoms with Gasteiger partial charge in [0.1, 0.15) is 6.07 Å². The molecule has 0 aliphatic carbocycles. The van der Waals surface area contributed by atoms with Gasteiger partial charge in [0.05, 0.1) is 47.6 Å². The number of nitrogens with zero attached hydrogens (tertiary/aromatic N) is 4. The molecule has 0 saturated heterocycles. The Kier molecular flexibility index (Phi) is 5.66. The molecule has 3 heterocycles. The molecule has 0 N–H and O–H groups in total. The van der Waals surface area contributed by atoms with Crippen LogP contribution < -0.4 is 4.74 Å². The second kappa shape index (κ2) is 7.99. The second-order valence-corrected chi connectivity index (χ2v) is 7.34. The molecule has 146 valence electrons. The molecule has 0 aliphatic rings. The summed E-state index contributed by atoms with van der Waals surface area (Å²) < 4.78 is 12.9. The SMILES string of the molecule is COC[C@H](C)n1cc(C)c2nc(-c3ccc(C(C)C)nc3OC)c(C#N)cc21. The van der Waals surface area contributed by atoms with Gasteiger partial charge in [-0.1, -0.05) is 13.8 Å². The van der Waals surface area contributed by atoms with E-state index in [9.17, 15) is 5.26 Å². The molecule has 0 radical (unpaired) electrons. The van der Waals surface area contributed by atoms with E-state index in [2.05, 4.69) is 42.6 Å². The minimum Gasteiger partial charge on any atom is -0.480 e. The van der Waals surface area contributed by atoms with Gasteiger partial charge >= 0.3 is 0 Å². The molecule has 3 rings (SSSR count). The number of methoxy groups -OCH3 is 2. The van der Waals surface area contributed by atoms with Crippen LogP contribution in [0, 0.1) is 18.3 Å². The summed E-state index contributed by atoms with van der Waals surface area (Å²) in [4.78, 5) is 9.47. The largest absolute Gasteiger partial charge is 0.480 e. The fourth-order valence-electron chi connectivity index (χ4n) is 3.42. The van der Waals surface area contributed by atoms with Gasteiger partial charge < -0.3 is 14.0 Å². The summed E-state index contributed by atoms with van der Waals surface area (Å²) in [6.45, 7) is 8.86. The maximum atomic E-state index is 9.80. The lowest BCUT2D eigenvalue weighted by Gasteiger charge is -2.15. The van der Waals surface area contributed by atoms with Gasteiger partial charge in [0.25, 0.3) is 0 Å². The highest BCUT2D eigenvalue weighted by Gasteiger charge is 2.20. The molecule has 0 unspecified atom stereocenters. The smallest absolute Gasteiger partial charge is 0.222 e. The lowest BCUT2D eigenvalue weighted by molar-refractivity contribution is 0.164. The van der Waals surface area contributed by atoms with Crippen molar-refractivity contribution in [1.29, 1.82) is 5.26 Å². The van der Waals surface area contributed by atoms with Crippen molar-refractivity contribution in [3.8, 4) is 23.2 Å². The summed E-state index contributed by atoms with van der Waals surface area (Å²) in [5.74, 6) is 0.770. The van der Waals surface area contributed by atoms with Crippen molar-refractivity contribution in [3.63, 3.8) is 0 Å². The molecule has 28 heavy (non-hydrogen) atoms. The molecule has 1 atom stereocenters. The van der Waals surface area contributed by atoms with E-state index in [0.717, 1.165) is 27.9 Å². The molecule has 0 spiro atoms. The quantitative estimate of drug-likeness (QED) is 0.626. The lowest BCUT2D eigenvalue weighted by atomic mass is 10.0. The van der Waals surface area contributed by atoms with E-state index < -0.39 is 0 Å². The zero-order valence-corrected chi connectivity index (χ0v) is 17.3. The molecular formula is C22H26N4O2. The van der Waals surface area contributed by atoms with Gasteiger partial charge in [0, 0.05) is 19.0 Å². The number of aryl methyl sites for hydroxylation is 1. The third-order valence-electron chi connectivity index (χ3n) is 4.91. The lowest BCUT2D eigenvalue weighted by Crippen LogP contribution is -2.10. The number of fused-ring (bicyclic) bond motifs is 1. The van der Waals surface area contributed by atoms with E-state index in [0.29, 0.717) is 23.7 Å². The first kappa shape index (κ1) is 19.8. The monoisotopic (exact) mass is 378 g/mol. The third-order valence-corrected chi connectivity index (χ3v) is 4.91. The molecular weight excluding hydrogens is 352 g/mol. The summed E-state index contributed by atoms with van der Waals surface area (Å²) in [5, 5.41) is 9.80. The van der Waals surface area contributed by atoms with Crippen molar-refractivity contribution < 1.29 is 9.47 Å². The van der Waals surface area contributed by atoms with E-state index in [4.69, 9.17) is 14.5 Å². The van der Waals surface area contributed by atoms with Crippen LogP contribution in [0.15, 0.2) is 24.4 Å². The highest BCUT2D eigenvalue weighted by molar-refractivity contribution is 5.86. The van der Waals surface area contributed by atoms with Crippen molar-refractivity contribution >= 4 is 11.0 Å². The van der Waals surface area contributed by atoms with Crippen molar-refractivity contribution in [2.45, 2.75) is 39.7 Å². The number of pyridine rings is 2. The Morgan fingerprint density at radius 1 is 1.18 bits per heavy atom. The zero-order valence-electron chi connectivity index (χ0n) is 17.3. The van der Waals surface area contributed by atoms with Crippen LogP contribution in [0.3, 0.4) is 0 Å². The molecule has 3 aromatic heterocycles. The molecule has 6 heteroatoms. The van der Waals surface area contributed by atoms with Crippen molar-refractivity contribution in [1.82, 2.24) is 14.5 Å². The number of nitriles is 1. The van der Waals surface area contributed by atoms with Crippen LogP contribution >= 0.6 is 0 Å². The number of hydrogen-bond acceptors (Lipinski definition) is 5. The van der Waals surface area contributed by atoms with Crippen LogP contribution in [0.4, 0.5) is 0 Å². The fraction of sp³-hybridized carbons (Fsp3) is 0.409. The molecule has 0 aliphatic heterocycles. The van der Waals surface area contributed by atoms with Gasteiger partial charge in [-0.2, -0.15) is 5.26 Å². The Morgan fingerprint density at radius 2 is 1.93 bits per heavy atom. The van der Waals surface area contributed by atoms with Gasteiger partial charge in [-0.15, -0.1) is 0 Å². The number of rotatable bonds is 6. The van der Waals surface area contributed by atoms with Gasteiger partial charge in [-0.05, 0) is 43.5 Å². The van der Waals surface area contributed by atoms with Crippen LogP contribution in [0.25, 0.3) is 22.3 Å². The van der Waals surface area contributed by atoms with Gasteiger partial charge in [-0.3, -0.25) is 0 Å². The van der Waals surface area contributed by atoms with Crippen molar-refractivity contribution in [3.05, 3.63) is 41.2 Å². The summed E-state index contributed by atoms with van der Waals surface area (Å²) in [6.07, 6.45) is 2.06. The molecule has 0 aromatic carbocycles. The predicted octanol–water partition coefficient (Wildman–Crippen LogP) is 4.62. The summed E-state index contributed by atoms with van der Waals surface area (Å²) in [7, 11) is 3.28. The first-order valence-electron chi connectivity index (χ1n) is 9.37. The highest BCUT2D eigenvalue weighted by Crippen LogP contribution is 2.34. The van der Waals surface area contributed by atoms with E-state index in [1.165, 1.54) is 0 Å². The van der Waals surface area contributed by atoms with Crippen molar-refractivity contribution in [2.75, 3.05) is 20.8 Å². The maximum Gasteiger partial charge on any atom is 0.222 e. The van der Waals surface area contributed by atoms with Gasteiger partial charge in [0.2, 0.25) is 5.88 Å². The third kappa shape index (κ3) is 3.46. The maximum absolute atomic E-state index is 9.80. The molecule has 3 aromatic rings. The number of aromatic nitrogens is 3. The van der Waals surface area contributed by atoms with Crippen LogP contribution in [0.1, 0.15) is 49.6 Å². The average molecular weight is 378 g/mol. The number of hydrogen-bond donors (Lipinski definition) is 0. The van der Waals surface area contributed by atoms with Crippen LogP contribution in [-0.4, -0.2) is 35.4 Å². The minimum atomic E-state index is 0.141. The van der Waals surface area contributed by atoms with Gasteiger partial charge in [-0.25, -0.2) is 9.97 Å². The topological polar surface area (TPSA) is 73.0 Å². The Labute approximate surface area is 165 Å². The minimum absolute atomic E-state index is 0.141. The average Bonchev–Trinajstić information content (AvgIpc) is 3.02. The van der Waals surface area contributed by atoms with E-state index in [1.807, 2.05) is 25.1 Å². The Hall–Kier alpha value is -2.91. The van der Waals surface area contributed by atoms with Crippen LogP contribution in [-0.2, 0) is 4.74 Å². The van der Waals surface area contributed by atoms with E-state index >= 15 is 0 Å². The fourth-order valence-corrected chi connectivity index (χ4v) is 3.42. The summed E-state index contributed by atoms with van der Waals surface area (Å²) in [6, 6.07) is 8.24. The van der Waals surface area contributed by atoms with Crippen LogP contribution in [0.5, 0.6) is 5.88 Å². The first-order chi connectivity index (χ1) is 13.4. The van der Waals surface area contributed by atoms with Crippen LogP contribution in [0.2, 0.25) is 0 Å². The Bertz CT molecular complexity index is 1050. The van der Waals surface area contributed by atoms with E-state index in [-0.39, 0.29) is 12.0 Å². The molecule has 0 amide bonds. The predicted molar refractivity (Wildman–Crippen MR) is 110 cm³/mol. The standard InChI is InChI=1S/C22H26N4O2/c1-13(2)18-8-7-17(22(24-18)28-6)21-16(10-23)9-19-20(25-21)14(3)11-26(19)15(4)12-27-5/h7-9,11,13,15H,12H2,1-6H3/t15-/m0/s1. The summed E-state index contributed by atoms with van der Waals surface area (Å²) in [5.41, 5.74) is 5.59.